The molecule has 0 aliphatic rings. The topological polar surface area (TPSA) is 81.7 Å². The highest BCUT2D eigenvalue weighted by Crippen LogP contribution is 2.14. The molecule has 1 atom stereocenters. The van der Waals surface area contributed by atoms with Crippen LogP contribution < -0.4 is 10.1 Å². The number of rotatable bonds is 10. The number of hydrogen-bond acceptors (Lipinski definition) is 5. The van der Waals surface area contributed by atoms with Crippen LogP contribution in [0.1, 0.15) is 50.4 Å². The lowest BCUT2D eigenvalue weighted by molar-refractivity contribution is -0.145. The molecule has 0 unspecified atom stereocenters. The molecule has 0 fully saturated rings. The van der Waals surface area contributed by atoms with Gasteiger partial charge in [0.05, 0.1) is 13.7 Å². The molecule has 25 heavy (non-hydrogen) atoms. The van der Waals surface area contributed by atoms with Gasteiger partial charge in [-0.3, -0.25) is 9.59 Å². The Labute approximate surface area is 148 Å². The van der Waals surface area contributed by atoms with Crippen molar-refractivity contribution < 1.29 is 23.9 Å². The van der Waals surface area contributed by atoms with Crippen LogP contribution in [0.2, 0.25) is 0 Å². The molecule has 6 nitrogen and oxygen atoms in total. The number of Topliss-reactive ketones (excluding diaryl/α,β-unsaturated/α-hetero) is 1. The lowest BCUT2D eigenvalue weighted by Gasteiger charge is -2.18. The predicted octanol–water partition coefficient (Wildman–Crippen LogP) is 2.75. The second-order valence-corrected chi connectivity index (χ2v) is 6.15. The summed E-state index contributed by atoms with van der Waals surface area (Å²) >= 11 is 0. The molecule has 1 amide bonds. The minimum Gasteiger partial charge on any atom is -0.494 e. The van der Waals surface area contributed by atoms with Gasteiger partial charge >= 0.3 is 5.97 Å². The minimum absolute atomic E-state index is 0.0254. The summed E-state index contributed by atoms with van der Waals surface area (Å²) < 4.78 is 10.0. The maximum absolute atomic E-state index is 12.2. The molecule has 1 rings (SSSR count). The molecule has 0 bridgehead atoms. The number of methoxy groups -OCH3 is 1. The van der Waals surface area contributed by atoms with Crippen molar-refractivity contribution in [3.05, 3.63) is 29.8 Å². The van der Waals surface area contributed by atoms with Crippen molar-refractivity contribution in [2.24, 2.45) is 5.92 Å². The van der Waals surface area contributed by atoms with Gasteiger partial charge in [-0.1, -0.05) is 13.8 Å². The largest absolute Gasteiger partial charge is 0.494 e. The zero-order chi connectivity index (χ0) is 18.8. The van der Waals surface area contributed by atoms with E-state index in [0.717, 1.165) is 0 Å². The van der Waals surface area contributed by atoms with Crippen molar-refractivity contribution in [3.8, 4) is 5.75 Å². The van der Waals surface area contributed by atoms with Gasteiger partial charge in [-0.15, -0.1) is 0 Å². The highest BCUT2D eigenvalue weighted by Gasteiger charge is 2.22. The van der Waals surface area contributed by atoms with Gasteiger partial charge in [0, 0.05) is 18.4 Å². The quantitative estimate of drug-likeness (QED) is 0.519. The number of nitrogens with one attached hydrogen (secondary N) is 1. The van der Waals surface area contributed by atoms with E-state index in [1.54, 1.807) is 24.3 Å². The molecule has 0 aromatic heterocycles. The van der Waals surface area contributed by atoms with Gasteiger partial charge in [-0.2, -0.15) is 0 Å². The molecule has 6 heteroatoms. The molecule has 1 N–H and O–H groups in total. The van der Waals surface area contributed by atoms with Crippen LogP contribution in [0.5, 0.6) is 5.75 Å². The highest BCUT2D eigenvalue weighted by atomic mass is 16.5. The molecule has 0 heterocycles. The Balaban J connectivity index is 2.53. The van der Waals surface area contributed by atoms with E-state index >= 15 is 0 Å². The summed E-state index contributed by atoms with van der Waals surface area (Å²) in [6.07, 6.45) is 0.596. The molecule has 0 radical (unpaired) electrons. The average Bonchev–Trinajstić information content (AvgIpc) is 2.59. The predicted molar refractivity (Wildman–Crippen MR) is 94.6 cm³/mol. The van der Waals surface area contributed by atoms with E-state index in [1.807, 2.05) is 20.8 Å². The molecule has 138 valence electrons. The first-order chi connectivity index (χ1) is 11.9. The van der Waals surface area contributed by atoms with Crippen LogP contribution in [0.3, 0.4) is 0 Å². The third-order valence-electron chi connectivity index (χ3n) is 3.59. The fourth-order valence-corrected chi connectivity index (χ4v) is 2.37. The van der Waals surface area contributed by atoms with E-state index in [0.29, 0.717) is 24.3 Å². The van der Waals surface area contributed by atoms with Crippen LogP contribution in [0, 0.1) is 5.92 Å². The van der Waals surface area contributed by atoms with Crippen molar-refractivity contribution >= 4 is 17.7 Å². The summed E-state index contributed by atoms with van der Waals surface area (Å²) in [7, 11) is 1.29. The summed E-state index contributed by atoms with van der Waals surface area (Å²) in [4.78, 5) is 35.9. The Morgan fingerprint density at radius 2 is 1.72 bits per heavy atom. The fourth-order valence-electron chi connectivity index (χ4n) is 2.37. The summed E-state index contributed by atoms with van der Waals surface area (Å²) in [6, 6.07) is 6.14. The van der Waals surface area contributed by atoms with E-state index in [4.69, 9.17) is 9.47 Å². The normalized spacial score (nSPS) is 11.7. The first kappa shape index (κ1) is 20.7. The first-order valence-electron chi connectivity index (χ1n) is 8.50. The molecule has 0 spiro atoms. The van der Waals surface area contributed by atoms with Gasteiger partial charge in [0.1, 0.15) is 11.8 Å². The van der Waals surface area contributed by atoms with Crippen LogP contribution >= 0.6 is 0 Å². The van der Waals surface area contributed by atoms with Gasteiger partial charge in [-0.05, 0) is 43.5 Å². The Morgan fingerprint density at radius 1 is 1.08 bits per heavy atom. The van der Waals surface area contributed by atoms with Crippen LogP contribution in [-0.2, 0) is 14.3 Å². The van der Waals surface area contributed by atoms with Crippen molar-refractivity contribution in [1.29, 1.82) is 0 Å². The van der Waals surface area contributed by atoms with Crippen LogP contribution in [0.15, 0.2) is 24.3 Å². The lowest BCUT2D eigenvalue weighted by atomic mass is 10.0. The Hall–Kier alpha value is -2.37. The summed E-state index contributed by atoms with van der Waals surface area (Å²) in [6.45, 7) is 6.36. The van der Waals surface area contributed by atoms with Crippen molar-refractivity contribution in [2.75, 3.05) is 13.7 Å². The second kappa shape index (κ2) is 10.5. The molecule has 0 aliphatic carbocycles. The molecule has 0 saturated carbocycles. The van der Waals surface area contributed by atoms with E-state index in [1.165, 1.54) is 7.11 Å². The van der Waals surface area contributed by atoms with Crippen molar-refractivity contribution in [1.82, 2.24) is 5.32 Å². The summed E-state index contributed by atoms with van der Waals surface area (Å²) in [5.41, 5.74) is 0.531. The third-order valence-corrected chi connectivity index (χ3v) is 3.59. The van der Waals surface area contributed by atoms with Crippen LogP contribution in [0.25, 0.3) is 0 Å². The monoisotopic (exact) mass is 349 g/mol. The standard InChI is InChI=1S/C19H27NO5/c1-5-25-15-8-6-14(7-9-15)17(21)10-11-18(22)20-16(12-13(2)3)19(23)24-4/h6-9,13,16H,5,10-12H2,1-4H3,(H,20,22)/t16-/m0/s1. The van der Waals surface area contributed by atoms with Gasteiger partial charge in [-0.25, -0.2) is 4.79 Å². The smallest absolute Gasteiger partial charge is 0.328 e. The van der Waals surface area contributed by atoms with Crippen molar-refractivity contribution in [2.45, 2.75) is 46.1 Å². The van der Waals surface area contributed by atoms with Gasteiger partial charge in [0.15, 0.2) is 5.78 Å². The minimum atomic E-state index is -0.682. The number of carbonyl (C=O) groups is 3. The maximum Gasteiger partial charge on any atom is 0.328 e. The number of esters is 1. The van der Waals surface area contributed by atoms with E-state index in [2.05, 4.69) is 5.32 Å². The number of amides is 1. The first-order valence-corrected chi connectivity index (χ1v) is 8.50. The Kier molecular flexibility index (Phi) is 8.67. The zero-order valence-electron chi connectivity index (χ0n) is 15.3. The van der Waals surface area contributed by atoms with Gasteiger partial charge < -0.3 is 14.8 Å². The number of hydrogen-bond donors (Lipinski definition) is 1. The molecule has 1 aromatic carbocycles. The van der Waals surface area contributed by atoms with E-state index in [-0.39, 0.29) is 30.4 Å². The van der Waals surface area contributed by atoms with Gasteiger partial charge in [0.2, 0.25) is 5.91 Å². The molecule has 0 saturated heterocycles. The summed E-state index contributed by atoms with van der Waals surface area (Å²) in [5, 5.41) is 2.65. The zero-order valence-corrected chi connectivity index (χ0v) is 15.3. The van der Waals surface area contributed by atoms with E-state index in [9.17, 15) is 14.4 Å². The fraction of sp³-hybridized carbons (Fsp3) is 0.526. The number of ether oxygens (including phenoxy) is 2. The van der Waals surface area contributed by atoms with Gasteiger partial charge in [0.25, 0.3) is 0 Å². The highest BCUT2D eigenvalue weighted by molar-refractivity contribution is 5.98. The lowest BCUT2D eigenvalue weighted by Crippen LogP contribution is -2.42. The molecular formula is C19H27NO5. The average molecular weight is 349 g/mol. The third kappa shape index (κ3) is 7.37. The Morgan fingerprint density at radius 3 is 2.24 bits per heavy atom. The number of benzene rings is 1. The molecule has 1 aromatic rings. The Bertz CT molecular complexity index is 580. The van der Waals surface area contributed by atoms with Crippen molar-refractivity contribution in [3.63, 3.8) is 0 Å². The van der Waals surface area contributed by atoms with Crippen LogP contribution in [-0.4, -0.2) is 37.4 Å². The second-order valence-electron chi connectivity index (χ2n) is 6.15. The summed E-state index contributed by atoms with van der Waals surface area (Å²) in [5.74, 6) is -0.00631. The number of ketones is 1. The molecular weight excluding hydrogens is 322 g/mol. The van der Waals surface area contributed by atoms with E-state index < -0.39 is 12.0 Å². The maximum atomic E-state index is 12.2. The number of carbonyl (C=O) groups excluding carboxylic acids is 3. The van der Waals surface area contributed by atoms with Crippen LogP contribution in [0.4, 0.5) is 0 Å². The molecule has 0 aliphatic heterocycles. The SMILES string of the molecule is CCOc1ccc(C(=O)CCC(=O)N[C@@H](CC(C)C)C(=O)OC)cc1.